The van der Waals surface area contributed by atoms with Crippen molar-refractivity contribution >= 4 is 13.7 Å². The van der Waals surface area contributed by atoms with E-state index in [0.717, 1.165) is 89.9 Å². The number of nitrogens with zero attached hydrogens (tertiary/aromatic N) is 1. The zero-order valence-corrected chi connectivity index (χ0v) is 53.9. The Bertz CT molecular complexity index is 1620. The Kier molecular flexibility index (Phi) is 59.0. The fraction of sp³-hybridized carbons (Fsp3) is 0.761. The van der Waals surface area contributed by atoms with Gasteiger partial charge in [0.1, 0.15) is 13.2 Å². The number of carbonyl (C=O) groups excluding carboxylic acids is 1. The first kappa shape index (κ1) is 77.4. The highest BCUT2D eigenvalue weighted by atomic mass is 31.2. The Balaban J connectivity index is 4.16. The third-order valence-electron chi connectivity index (χ3n) is 14.8. The molecule has 0 saturated heterocycles. The molecule has 9 heteroatoms. The molecule has 0 aromatic rings. The third kappa shape index (κ3) is 63.0. The number of amides is 1. The molecule has 3 atom stereocenters. The van der Waals surface area contributed by atoms with Crippen molar-refractivity contribution in [2.75, 3.05) is 40.9 Å². The molecule has 464 valence electrons. The number of hydrogen-bond acceptors (Lipinski definition) is 6. The third-order valence-corrected chi connectivity index (χ3v) is 15.8. The van der Waals surface area contributed by atoms with Crippen LogP contribution in [0.3, 0.4) is 0 Å². The van der Waals surface area contributed by atoms with Gasteiger partial charge in [0.05, 0.1) is 39.9 Å². The summed E-state index contributed by atoms with van der Waals surface area (Å²) in [5, 5.41) is 14.0. The first-order valence-electron chi connectivity index (χ1n) is 33.6. The van der Waals surface area contributed by atoms with E-state index in [0.29, 0.717) is 17.4 Å². The van der Waals surface area contributed by atoms with Crippen molar-refractivity contribution in [2.45, 2.75) is 309 Å². The number of aliphatic hydroxyl groups excluding tert-OH is 1. The number of likely N-dealkylation sites (N-methyl/N-ethyl adjacent to an activating group) is 1. The van der Waals surface area contributed by atoms with Crippen LogP contribution >= 0.6 is 7.82 Å². The predicted octanol–water partition coefficient (Wildman–Crippen LogP) is 20.7. The van der Waals surface area contributed by atoms with Crippen LogP contribution in [0.2, 0.25) is 0 Å². The number of rotatable bonds is 61. The van der Waals surface area contributed by atoms with Crippen LogP contribution in [0.5, 0.6) is 0 Å². The molecule has 0 heterocycles. The Morgan fingerprint density at radius 2 is 0.762 bits per heavy atom. The number of allylic oxidation sites excluding steroid dienone is 15. The standard InChI is InChI=1S/C71H129N2O6P/c1-6-8-10-12-14-16-18-20-22-24-26-28-30-32-34-35-36-37-39-41-43-45-47-49-51-53-55-57-59-61-63-65-71(75)72-69(68-79-80(76,77)78-67-66-73(3,4)5)70(74)64-62-60-58-56-54-52-50-48-46-44-42-40-38-33-31-29-27-25-23-21-19-17-15-13-11-9-7-2/h8,10,14,16,20,22,26,28,32,34,36-37,41,43,62,64,69-70,74H,6-7,9,11-13,15,17-19,21,23-25,27,29-31,33,35,38-40,42,44-61,63,65-68H2,1-5H3,(H-,72,75,76,77)/b10-8-,16-14-,22-20-,28-26-,34-32-,37-36-,43-41-,64-62+. The molecule has 0 aliphatic carbocycles. The van der Waals surface area contributed by atoms with Crippen LogP contribution in [-0.2, 0) is 18.4 Å². The number of phosphoric ester groups is 1. The first-order valence-corrected chi connectivity index (χ1v) is 35.1. The van der Waals surface area contributed by atoms with E-state index in [-0.39, 0.29) is 19.1 Å². The quantitative estimate of drug-likeness (QED) is 0.0272. The number of carbonyl (C=O) groups is 1. The van der Waals surface area contributed by atoms with Gasteiger partial charge in [0.15, 0.2) is 0 Å². The van der Waals surface area contributed by atoms with Gasteiger partial charge in [-0.2, -0.15) is 0 Å². The van der Waals surface area contributed by atoms with E-state index in [1.807, 2.05) is 27.2 Å². The van der Waals surface area contributed by atoms with Crippen molar-refractivity contribution in [1.82, 2.24) is 5.32 Å². The fourth-order valence-electron chi connectivity index (χ4n) is 9.61. The maximum atomic E-state index is 13.0. The summed E-state index contributed by atoms with van der Waals surface area (Å²) in [6.45, 7) is 4.56. The van der Waals surface area contributed by atoms with Gasteiger partial charge in [-0.15, -0.1) is 0 Å². The minimum atomic E-state index is -4.61. The summed E-state index contributed by atoms with van der Waals surface area (Å²) in [7, 11) is 1.25. The average molecular weight is 1140 g/mol. The zero-order chi connectivity index (χ0) is 58.4. The number of hydrogen-bond donors (Lipinski definition) is 2. The van der Waals surface area contributed by atoms with E-state index >= 15 is 0 Å². The second-order valence-electron chi connectivity index (χ2n) is 23.8. The molecule has 0 spiro atoms. The minimum absolute atomic E-state index is 0.00614. The summed E-state index contributed by atoms with van der Waals surface area (Å²) >= 11 is 0. The second kappa shape index (κ2) is 61.0. The molecule has 0 bridgehead atoms. The van der Waals surface area contributed by atoms with Crippen LogP contribution in [0.25, 0.3) is 0 Å². The molecule has 0 saturated carbocycles. The van der Waals surface area contributed by atoms with Gasteiger partial charge in [0.25, 0.3) is 7.82 Å². The molecule has 0 aromatic carbocycles. The van der Waals surface area contributed by atoms with Crippen molar-refractivity contribution < 1.29 is 32.9 Å². The summed E-state index contributed by atoms with van der Waals surface area (Å²) in [4.78, 5) is 25.6. The molecule has 0 rings (SSSR count). The van der Waals surface area contributed by atoms with Crippen molar-refractivity contribution in [3.8, 4) is 0 Å². The van der Waals surface area contributed by atoms with Crippen molar-refractivity contribution in [2.24, 2.45) is 0 Å². The highest BCUT2D eigenvalue weighted by Crippen LogP contribution is 2.38. The topological polar surface area (TPSA) is 108 Å². The summed E-state index contributed by atoms with van der Waals surface area (Å²) in [5.41, 5.74) is 0. The minimum Gasteiger partial charge on any atom is -0.756 e. The first-order chi connectivity index (χ1) is 39.0. The van der Waals surface area contributed by atoms with E-state index in [1.54, 1.807) is 6.08 Å². The SMILES string of the molecule is CC/C=C\C/C=C\C/C=C\C/C=C\C/C=C\C/C=C\C/C=C\CCCCCCCCCCCC(=O)NC(COP(=O)([O-])OCC[N+](C)(C)C)C(O)/C=C/CCCCCCCCCCCCCCCCCCCCCCCCCCC. The average Bonchev–Trinajstić information content (AvgIpc) is 3.42. The lowest BCUT2D eigenvalue weighted by Gasteiger charge is -2.29. The summed E-state index contributed by atoms with van der Waals surface area (Å²) in [6, 6.07) is -0.898. The largest absolute Gasteiger partial charge is 0.756 e. The van der Waals surface area contributed by atoms with Gasteiger partial charge in [0, 0.05) is 6.42 Å². The van der Waals surface area contributed by atoms with Gasteiger partial charge in [-0.1, -0.05) is 310 Å². The summed E-state index contributed by atoms with van der Waals surface area (Å²) < 4.78 is 23.4. The van der Waals surface area contributed by atoms with Crippen LogP contribution < -0.4 is 10.2 Å². The zero-order valence-electron chi connectivity index (χ0n) is 53.0. The normalized spacial score (nSPS) is 14.3. The van der Waals surface area contributed by atoms with E-state index < -0.39 is 20.0 Å². The van der Waals surface area contributed by atoms with Gasteiger partial charge in [0.2, 0.25) is 5.91 Å². The molecule has 0 radical (unpaired) electrons. The van der Waals surface area contributed by atoms with Gasteiger partial charge in [-0.25, -0.2) is 0 Å². The van der Waals surface area contributed by atoms with Gasteiger partial charge in [-0.3, -0.25) is 9.36 Å². The van der Waals surface area contributed by atoms with Crippen LogP contribution in [0.1, 0.15) is 296 Å². The number of phosphoric acid groups is 1. The lowest BCUT2D eigenvalue weighted by molar-refractivity contribution is -0.870. The molecule has 0 aromatic heterocycles. The van der Waals surface area contributed by atoms with Crippen LogP contribution in [-0.4, -0.2) is 68.5 Å². The lowest BCUT2D eigenvalue weighted by Crippen LogP contribution is -2.45. The van der Waals surface area contributed by atoms with Crippen LogP contribution in [0.4, 0.5) is 0 Å². The van der Waals surface area contributed by atoms with Gasteiger partial charge in [-0.05, 0) is 77.0 Å². The molecular weight excluding hydrogens is 1010 g/mol. The van der Waals surface area contributed by atoms with E-state index in [4.69, 9.17) is 9.05 Å². The molecule has 80 heavy (non-hydrogen) atoms. The Morgan fingerprint density at radius 3 is 1.11 bits per heavy atom. The Morgan fingerprint density at radius 1 is 0.450 bits per heavy atom. The number of unbranched alkanes of at least 4 members (excludes halogenated alkanes) is 34. The van der Waals surface area contributed by atoms with Gasteiger partial charge >= 0.3 is 0 Å². The molecule has 0 aliphatic heterocycles. The molecule has 8 nitrogen and oxygen atoms in total. The Hall–Kier alpha value is -2.58. The van der Waals surface area contributed by atoms with Crippen molar-refractivity contribution in [1.29, 1.82) is 0 Å². The van der Waals surface area contributed by atoms with E-state index in [9.17, 15) is 19.4 Å². The predicted molar refractivity (Wildman–Crippen MR) is 348 cm³/mol. The molecule has 1 amide bonds. The smallest absolute Gasteiger partial charge is 0.268 e. The van der Waals surface area contributed by atoms with E-state index in [1.165, 1.54) is 186 Å². The van der Waals surface area contributed by atoms with Crippen molar-refractivity contribution in [3.63, 3.8) is 0 Å². The maximum Gasteiger partial charge on any atom is 0.268 e. The highest BCUT2D eigenvalue weighted by Gasteiger charge is 2.23. The monoisotopic (exact) mass is 1140 g/mol. The number of quaternary nitrogens is 1. The Labute approximate surface area is 496 Å². The number of aliphatic hydroxyl groups is 1. The summed E-state index contributed by atoms with van der Waals surface area (Å²) in [6.07, 6.45) is 87.9. The molecule has 2 N–H and O–H groups in total. The summed E-state index contributed by atoms with van der Waals surface area (Å²) in [5.74, 6) is -0.204. The molecular formula is C71H129N2O6P. The highest BCUT2D eigenvalue weighted by molar-refractivity contribution is 7.45. The lowest BCUT2D eigenvalue weighted by atomic mass is 10.0. The number of nitrogens with one attached hydrogen (secondary N) is 1. The molecule has 0 fully saturated rings. The van der Waals surface area contributed by atoms with Crippen molar-refractivity contribution in [3.05, 3.63) is 97.2 Å². The van der Waals surface area contributed by atoms with Gasteiger partial charge < -0.3 is 28.8 Å². The molecule has 0 aliphatic rings. The van der Waals surface area contributed by atoms with Crippen LogP contribution in [0.15, 0.2) is 97.2 Å². The van der Waals surface area contributed by atoms with Crippen LogP contribution in [0, 0.1) is 0 Å². The second-order valence-corrected chi connectivity index (χ2v) is 25.2. The maximum absolute atomic E-state index is 13.0. The molecule has 3 unspecified atom stereocenters. The van der Waals surface area contributed by atoms with E-state index in [2.05, 4.69) is 104 Å². The fourth-order valence-corrected chi connectivity index (χ4v) is 10.3.